The highest BCUT2D eigenvalue weighted by molar-refractivity contribution is 5.71. The smallest absolute Gasteiger partial charge is 0.306 e. The second-order valence-electron chi connectivity index (χ2n) is 19.3. The summed E-state index contributed by atoms with van der Waals surface area (Å²) in [5.41, 5.74) is 0. The Morgan fingerprint density at radius 3 is 0.929 bits per heavy atom. The summed E-state index contributed by atoms with van der Waals surface area (Å²) in [7, 11) is 0. The first-order chi connectivity index (χ1) is 34.5. The standard InChI is InChI=1S/C64H108O6/c1-4-7-10-13-16-19-22-25-28-31-33-36-39-42-45-48-51-54-57-63(66)69-60-61(59-68-62(65)56-53-50-47-44-41-38-35-30-27-24-21-18-15-12-9-6-3)70-64(67)58-55-52-49-46-43-40-37-34-32-29-26-23-20-17-14-11-8-5-2/h10,13,16,19,22,25,28,30-31,33-38,41,61H,4-9,11-12,14-15,17-18,20-21,23-24,26-27,29,32,39-40,42-60H2,1-3H3/b13-10-,19-16-,25-22-,31-28-,35-30-,36-33-,37-34-,41-38-. The zero-order valence-electron chi connectivity index (χ0n) is 45.8. The largest absolute Gasteiger partial charge is 0.462 e. The van der Waals surface area contributed by atoms with Gasteiger partial charge in [-0.05, 0) is 89.9 Å². The first-order valence-electron chi connectivity index (χ1n) is 29.3. The lowest BCUT2D eigenvalue weighted by atomic mass is 10.1. The van der Waals surface area contributed by atoms with Gasteiger partial charge in [-0.15, -0.1) is 0 Å². The zero-order valence-corrected chi connectivity index (χ0v) is 45.8. The normalized spacial score (nSPS) is 12.8. The van der Waals surface area contributed by atoms with Crippen molar-refractivity contribution >= 4 is 17.9 Å². The molecule has 400 valence electrons. The van der Waals surface area contributed by atoms with Crippen molar-refractivity contribution in [1.29, 1.82) is 0 Å². The Bertz CT molecular complexity index is 1400. The van der Waals surface area contributed by atoms with E-state index in [1.54, 1.807) is 0 Å². The monoisotopic (exact) mass is 973 g/mol. The van der Waals surface area contributed by atoms with Crippen LogP contribution in [0.4, 0.5) is 0 Å². The number of carbonyl (C=O) groups excluding carboxylic acids is 3. The van der Waals surface area contributed by atoms with Crippen LogP contribution < -0.4 is 0 Å². The summed E-state index contributed by atoms with van der Waals surface area (Å²) in [4.78, 5) is 38.2. The van der Waals surface area contributed by atoms with Crippen molar-refractivity contribution in [2.24, 2.45) is 0 Å². The molecule has 0 amide bonds. The molecule has 0 rings (SSSR count). The SMILES string of the molecule is CCC\C=C/C=C\C=C/C=C\C=C/CCCCCCCC(=O)OCC(COC(=O)CCCCC/C=C\C=C/CCCCCCCCC)OC(=O)CCCCCCC/C=C\CCCCCCCCCCC. The van der Waals surface area contributed by atoms with Gasteiger partial charge in [0.2, 0.25) is 0 Å². The molecule has 0 aliphatic rings. The molecule has 0 heterocycles. The fourth-order valence-electron chi connectivity index (χ4n) is 7.99. The predicted molar refractivity (Wildman–Crippen MR) is 302 cm³/mol. The molecule has 1 unspecified atom stereocenters. The summed E-state index contributed by atoms with van der Waals surface area (Å²) in [5, 5.41) is 0. The van der Waals surface area contributed by atoms with Gasteiger partial charge in [0.1, 0.15) is 13.2 Å². The third-order valence-electron chi connectivity index (χ3n) is 12.4. The minimum atomic E-state index is -0.805. The van der Waals surface area contributed by atoms with Crippen LogP contribution in [0.2, 0.25) is 0 Å². The molecule has 6 heteroatoms. The van der Waals surface area contributed by atoms with Crippen molar-refractivity contribution in [2.75, 3.05) is 13.2 Å². The van der Waals surface area contributed by atoms with Crippen LogP contribution in [0.3, 0.4) is 0 Å². The molecule has 0 aliphatic carbocycles. The van der Waals surface area contributed by atoms with E-state index in [9.17, 15) is 14.4 Å². The molecule has 0 aromatic rings. The number of allylic oxidation sites excluding steroid dienone is 16. The van der Waals surface area contributed by atoms with Gasteiger partial charge in [0, 0.05) is 19.3 Å². The minimum Gasteiger partial charge on any atom is -0.462 e. The van der Waals surface area contributed by atoms with Gasteiger partial charge in [-0.2, -0.15) is 0 Å². The maximum atomic E-state index is 12.9. The van der Waals surface area contributed by atoms with E-state index in [0.29, 0.717) is 19.3 Å². The summed E-state index contributed by atoms with van der Waals surface area (Å²) in [5.74, 6) is -0.956. The van der Waals surface area contributed by atoms with E-state index in [-0.39, 0.29) is 31.1 Å². The van der Waals surface area contributed by atoms with Crippen LogP contribution in [0.25, 0.3) is 0 Å². The van der Waals surface area contributed by atoms with Crippen LogP contribution in [0.15, 0.2) is 97.2 Å². The Morgan fingerprint density at radius 1 is 0.286 bits per heavy atom. The lowest BCUT2D eigenvalue weighted by molar-refractivity contribution is -0.167. The van der Waals surface area contributed by atoms with E-state index < -0.39 is 6.10 Å². The van der Waals surface area contributed by atoms with Gasteiger partial charge in [0.25, 0.3) is 0 Å². The van der Waals surface area contributed by atoms with Crippen molar-refractivity contribution in [2.45, 2.75) is 277 Å². The minimum absolute atomic E-state index is 0.103. The van der Waals surface area contributed by atoms with Crippen LogP contribution in [-0.2, 0) is 28.6 Å². The Balaban J connectivity index is 4.50. The summed E-state index contributed by atoms with van der Waals surface area (Å²) >= 11 is 0. The van der Waals surface area contributed by atoms with Crippen molar-refractivity contribution in [3.8, 4) is 0 Å². The maximum Gasteiger partial charge on any atom is 0.306 e. The summed E-state index contributed by atoms with van der Waals surface area (Å²) in [6, 6.07) is 0. The molecule has 0 aromatic carbocycles. The topological polar surface area (TPSA) is 78.9 Å². The molecule has 0 N–H and O–H groups in total. The number of rotatable bonds is 52. The lowest BCUT2D eigenvalue weighted by Gasteiger charge is -2.18. The van der Waals surface area contributed by atoms with Gasteiger partial charge in [-0.25, -0.2) is 0 Å². The number of esters is 3. The van der Waals surface area contributed by atoms with Gasteiger partial charge in [-0.1, -0.05) is 259 Å². The molecule has 70 heavy (non-hydrogen) atoms. The fraction of sp³-hybridized carbons (Fsp3) is 0.703. The molecule has 0 aromatic heterocycles. The van der Waals surface area contributed by atoms with Gasteiger partial charge in [-0.3, -0.25) is 14.4 Å². The quantitative estimate of drug-likeness (QED) is 0.0199. The summed E-state index contributed by atoms with van der Waals surface area (Å²) in [6.07, 6.45) is 76.8. The van der Waals surface area contributed by atoms with E-state index in [4.69, 9.17) is 14.2 Å². The summed E-state index contributed by atoms with van der Waals surface area (Å²) in [6.45, 7) is 6.51. The van der Waals surface area contributed by atoms with Gasteiger partial charge < -0.3 is 14.2 Å². The number of unbranched alkanes of at least 4 members (excludes halogenated alkanes) is 30. The van der Waals surface area contributed by atoms with Crippen LogP contribution in [0.5, 0.6) is 0 Å². The number of ether oxygens (including phenoxy) is 3. The molecule has 0 saturated carbocycles. The van der Waals surface area contributed by atoms with Crippen molar-refractivity contribution in [3.63, 3.8) is 0 Å². The first kappa shape index (κ1) is 66.3. The molecule has 0 saturated heterocycles. The van der Waals surface area contributed by atoms with Crippen LogP contribution in [0.1, 0.15) is 271 Å². The van der Waals surface area contributed by atoms with E-state index in [2.05, 4.69) is 93.7 Å². The van der Waals surface area contributed by atoms with Gasteiger partial charge >= 0.3 is 17.9 Å². The fourth-order valence-corrected chi connectivity index (χ4v) is 7.99. The molecule has 0 bridgehead atoms. The van der Waals surface area contributed by atoms with E-state index in [1.807, 2.05) is 24.3 Å². The van der Waals surface area contributed by atoms with Gasteiger partial charge in [0.05, 0.1) is 0 Å². The molecular formula is C64H108O6. The molecule has 0 fully saturated rings. The molecule has 0 radical (unpaired) electrons. The Hall–Kier alpha value is -3.67. The number of carbonyl (C=O) groups is 3. The van der Waals surface area contributed by atoms with E-state index in [0.717, 1.165) is 109 Å². The lowest BCUT2D eigenvalue weighted by Crippen LogP contribution is -2.30. The van der Waals surface area contributed by atoms with E-state index >= 15 is 0 Å². The third kappa shape index (κ3) is 55.3. The highest BCUT2D eigenvalue weighted by Crippen LogP contribution is 2.14. The van der Waals surface area contributed by atoms with Crippen molar-refractivity contribution in [1.82, 2.24) is 0 Å². The molecule has 6 nitrogen and oxygen atoms in total. The maximum absolute atomic E-state index is 12.9. The highest BCUT2D eigenvalue weighted by atomic mass is 16.6. The van der Waals surface area contributed by atoms with Crippen LogP contribution in [-0.4, -0.2) is 37.2 Å². The average Bonchev–Trinajstić information content (AvgIpc) is 3.36. The second kappa shape index (κ2) is 57.9. The van der Waals surface area contributed by atoms with Crippen molar-refractivity contribution in [3.05, 3.63) is 97.2 Å². The number of hydrogen-bond donors (Lipinski definition) is 0. The number of hydrogen-bond acceptors (Lipinski definition) is 6. The summed E-state index contributed by atoms with van der Waals surface area (Å²) < 4.78 is 16.8. The molecular weight excluding hydrogens is 865 g/mol. The Morgan fingerprint density at radius 2 is 0.557 bits per heavy atom. The first-order valence-corrected chi connectivity index (χ1v) is 29.3. The second-order valence-corrected chi connectivity index (χ2v) is 19.3. The van der Waals surface area contributed by atoms with Gasteiger partial charge in [0.15, 0.2) is 6.10 Å². The Kier molecular flexibility index (Phi) is 54.9. The molecule has 0 spiro atoms. The molecule has 0 aliphatic heterocycles. The van der Waals surface area contributed by atoms with Crippen molar-refractivity contribution < 1.29 is 28.6 Å². The zero-order chi connectivity index (χ0) is 50.7. The third-order valence-corrected chi connectivity index (χ3v) is 12.4. The average molecular weight is 974 g/mol. The predicted octanol–water partition coefficient (Wildman–Crippen LogP) is 19.7. The molecule has 1 atom stereocenters. The van der Waals surface area contributed by atoms with Crippen LogP contribution >= 0.6 is 0 Å². The Labute approximate surface area is 432 Å². The van der Waals surface area contributed by atoms with Crippen LogP contribution in [0, 0.1) is 0 Å². The highest BCUT2D eigenvalue weighted by Gasteiger charge is 2.19. The van der Waals surface area contributed by atoms with E-state index in [1.165, 1.54) is 122 Å².